The van der Waals surface area contributed by atoms with E-state index in [0.717, 1.165) is 32.6 Å². The van der Waals surface area contributed by atoms with E-state index in [2.05, 4.69) is 32.6 Å². The summed E-state index contributed by atoms with van der Waals surface area (Å²) in [6.07, 6.45) is 2.92. The zero-order chi connectivity index (χ0) is 9.36. The highest BCUT2D eigenvalue weighted by molar-refractivity contribution is 14.2. The normalized spacial score (nSPS) is 20.2. The van der Waals surface area contributed by atoms with Crippen molar-refractivity contribution in [3.8, 4) is 0 Å². The smallest absolute Gasteiger partial charge is 0.410 e. The van der Waals surface area contributed by atoms with Crippen molar-refractivity contribution in [2.24, 2.45) is 0 Å². The van der Waals surface area contributed by atoms with Gasteiger partial charge in [-0.3, -0.25) is 0 Å². The lowest BCUT2D eigenvalue weighted by Gasteiger charge is -2.17. The van der Waals surface area contributed by atoms with Crippen molar-refractivity contribution in [2.45, 2.75) is 6.32 Å². The number of halogens is 1. The van der Waals surface area contributed by atoms with Gasteiger partial charge in [0.1, 0.15) is 0 Å². The van der Waals surface area contributed by atoms with Crippen LogP contribution in [0.1, 0.15) is 0 Å². The minimum atomic E-state index is -0.0538. The second kappa shape index (κ2) is 8.10. The molecule has 74 valence electrons. The molecule has 1 saturated heterocycles. The van der Waals surface area contributed by atoms with Crippen molar-refractivity contribution in [2.75, 3.05) is 26.3 Å². The average Bonchev–Trinajstić information content (AvgIpc) is 2.08. The molecule has 3 nitrogen and oxygen atoms in total. The van der Waals surface area contributed by atoms with Gasteiger partial charge < -0.3 is 14.6 Å². The van der Waals surface area contributed by atoms with Crippen LogP contribution in [0.15, 0.2) is 11.5 Å². The summed E-state index contributed by atoms with van der Waals surface area (Å²) in [4.78, 5) is 0. The topological polar surface area (TPSA) is 30.5 Å². The Morgan fingerprint density at radius 1 is 1.38 bits per heavy atom. The van der Waals surface area contributed by atoms with E-state index in [0.29, 0.717) is 0 Å². The van der Waals surface area contributed by atoms with Crippen LogP contribution in [-0.2, 0) is 9.31 Å². The molecule has 0 aromatic carbocycles. The average molecular weight is 313 g/mol. The van der Waals surface area contributed by atoms with E-state index >= 15 is 0 Å². The van der Waals surface area contributed by atoms with Gasteiger partial charge in [-0.25, -0.2) is 0 Å². The molecular formula is C7H13BINO2S. The van der Waals surface area contributed by atoms with E-state index in [9.17, 15) is 0 Å². The van der Waals surface area contributed by atoms with Gasteiger partial charge >= 0.3 is 7.12 Å². The van der Waals surface area contributed by atoms with Gasteiger partial charge in [-0.2, -0.15) is 0 Å². The molecule has 0 spiro atoms. The van der Waals surface area contributed by atoms with E-state index in [1.807, 2.05) is 5.41 Å². The Hall–Kier alpha value is 0.765. The third-order valence-electron chi connectivity index (χ3n) is 1.64. The monoisotopic (exact) mass is 313 g/mol. The molecule has 1 heterocycles. The first-order valence-corrected chi connectivity index (χ1v) is 7.72. The second-order valence-corrected chi connectivity index (χ2v) is 4.59. The third kappa shape index (κ3) is 5.95. The van der Waals surface area contributed by atoms with Crippen LogP contribution in [0.4, 0.5) is 0 Å². The van der Waals surface area contributed by atoms with E-state index < -0.39 is 0 Å². The van der Waals surface area contributed by atoms with Gasteiger partial charge in [-0.05, 0) is 5.41 Å². The molecule has 0 atom stereocenters. The number of hydrogen-bond acceptors (Lipinski definition) is 4. The molecule has 0 aliphatic carbocycles. The molecule has 0 aromatic rings. The van der Waals surface area contributed by atoms with E-state index in [-0.39, 0.29) is 7.12 Å². The van der Waals surface area contributed by atoms with Gasteiger partial charge in [0.2, 0.25) is 0 Å². The van der Waals surface area contributed by atoms with Gasteiger partial charge in [0, 0.05) is 53.8 Å². The summed E-state index contributed by atoms with van der Waals surface area (Å²) < 4.78 is 11.0. The molecule has 0 radical (unpaired) electrons. The molecule has 1 fully saturated rings. The Morgan fingerprint density at radius 3 is 2.69 bits per heavy atom. The summed E-state index contributed by atoms with van der Waals surface area (Å²) >= 11 is 2.23. The first-order valence-electron chi connectivity index (χ1n) is 4.30. The van der Waals surface area contributed by atoms with Crippen LogP contribution in [-0.4, -0.2) is 33.4 Å². The Bertz CT molecular complexity index is 153. The second-order valence-electron chi connectivity index (χ2n) is 2.62. The first-order chi connectivity index (χ1) is 6.43. The molecule has 6 heteroatoms. The van der Waals surface area contributed by atoms with E-state index in [4.69, 9.17) is 9.31 Å². The van der Waals surface area contributed by atoms with Crippen molar-refractivity contribution in [3.63, 3.8) is 0 Å². The maximum Gasteiger partial charge on any atom is 0.460 e. The zero-order valence-electron chi connectivity index (χ0n) is 7.37. The lowest BCUT2D eigenvalue weighted by molar-refractivity contribution is 0.179. The van der Waals surface area contributed by atoms with Crippen molar-refractivity contribution < 1.29 is 9.31 Å². The van der Waals surface area contributed by atoms with Gasteiger partial charge in [-0.1, -0.05) is 15.0 Å². The molecule has 0 bridgehead atoms. The van der Waals surface area contributed by atoms with Crippen molar-refractivity contribution >= 4 is 37.3 Å². The molecule has 1 aliphatic heterocycles. The summed E-state index contributed by atoms with van der Waals surface area (Å²) in [5.74, 6) is 0. The summed E-state index contributed by atoms with van der Waals surface area (Å²) in [5, 5.41) is 5.25. The first kappa shape index (κ1) is 11.8. The number of hydrogen-bond donors (Lipinski definition) is 1. The van der Waals surface area contributed by atoms with Crippen LogP contribution < -0.4 is 5.32 Å². The molecule has 0 aromatic heterocycles. The molecule has 0 unspecified atom stereocenters. The molecule has 0 amide bonds. The fourth-order valence-corrected chi connectivity index (χ4v) is 1.84. The summed E-state index contributed by atoms with van der Waals surface area (Å²) in [6.45, 7) is 3.31. The Kier molecular flexibility index (Phi) is 7.38. The Morgan fingerprint density at radius 2 is 2.08 bits per heavy atom. The highest BCUT2D eigenvalue weighted by atomic mass is 127. The molecule has 13 heavy (non-hydrogen) atoms. The largest absolute Gasteiger partial charge is 0.460 e. The summed E-state index contributed by atoms with van der Waals surface area (Å²) in [5.41, 5.74) is 0. The maximum absolute atomic E-state index is 5.48. The number of rotatable bonds is 3. The molecular weight excluding hydrogens is 300 g/mol. The quantitative estimate of drug-likeness (QED) is 0.635. The van der Waals surface area contributed by atoms with Crippen molar-refractivity contribution in [3.05, 3.63) is 11.5 Å². The zero-order valence-corrected chi connectivity index (χ0v) is 10.3. The van der Waals surface area contributed by atoms with Crippen LogP contribution in [0.3, 0.4) is 0 Å². The predicted molar refractivity (Wildman–Crippen MR) is 66.1 cm³/mol. The summed E-state index contributed by atoms with van der Waals surface area (Å²) in [6, 6.07) is 0. The Labute approximate surface area is 95.7 Å². The minimum absolute atomic E-state index is 0.0538. The lowest BCUT2D eigenvalue weighted by atomic mass is 9.84. The van der Waals surface area contributed by atoms with Crippen molar-refractivity contribution in [1.29, 1.82) is 0 Å². The van der Waals surface area contributed by atoms with Crippen LogP contribution in [0.2, 0.25) is 6.32 Å². The number of allylic oxidation sites excluding steroid dienone is 1. The van der Waals surface area contributed by atoms with Crippen LogP contribution in [0.25, 0.3) is 0 Å². The predicted octanol–water partition coefficient (Wildman–Crippen LogP) is 1.71. The van der Waals surface area contributed by atoms with Gasteiger partial charge in [0.15, 0.2) is 0 Å². The molecule has 1 aliphatic rings. The van der Waals surface area contributed by atoms with Crippen LogP contribution in [0.5, 0.6) is 0 Å². The van der Waals surface area contributed by atoms with Crippen molar-refractivity contribution in [1.82, 2.24) is 5.32 Å². The maximum atomic E-state index is 5.48. The SMILES string of the molecule is IS/C=C/CB1OCCNCCO1. The molecule has 1 rings (SSSR count). The van der Waals surface area contributed by atoms with Gasteiger partial charge in [-0.15, -0.1) is 0 Å². The fraction of sp³-hybridized carbons (Fsp3) is 0.714. The highest BCUT2D eigenvalue weighted by Crippen LogP contribution is 2.13. The molecule has 0 saturated carbocycles. The van der Waals surface area contributed by atoms with Gasteiger partial charge in [0.25, 0.3) is 0 Å². The van der Waals surface area contributed by atoms with Crippen LogP contribution >= 0.6 is 30.1 Å². The lowest BCUT2D eigenvalue weighted by Crippen LogP contribution is -2.35. The number of nitrogens with one attached hydrogen (secondary N) is 1. The summed E-state index contributed by atoms with van der Waals surface area (Å²) in [7, 11) is 1.61. The standard InChI is InChI=1S/C7H13BINO2S/c9-13-7-1-2-8-11-5-3-10-4-6-12-8/h1,7,10H,2-6H2/b7-1+. The minimum Gasteiger partial charge on any atom is -0.410 e. The van der Waals surface area contributed by atoms with E-state index in [1.165, 1.54) is 0 Å². The fourth-order valence-electron chi connectivity index (χ4n) is 1.04. The van der Waals surface area contributed by atoms with Gasteiger partial charge in [0.05, 0.1) is 0 Å². The Balaban J connectivity index is 2.17. The van der Waals surface area contributed by atoms with Crippen LogP contribution in [0, 0.1) is 0 Å². The third-order valence-corrected chi connectivity index (χ3v) is 2.82. The molecule has 1 N–H and O–H groups in total. The van der Waals surface area contributed by atoms with E-state index in [1.54, 1.807) is 8.93 Å². The highest BCUT2D eigenvalue weighted by Gasteiger charge is 2.17.